The second-order valence-electron chi connectivity index (χ2n) is 6.72. The van der Waals surface area contributed by atoms with Gasteiger partial charge in [0.25, 0.3) is 0 Å². The lowest BCUT2D eigenvalue weighted by Crippen LogP contribution is -2.37. The molecular formula is C16H32N2. The molecule has 1 saturated carbocycles. The zero-order valence-electron chi connectivity index (χ0n) is 12.8. The second-order valence-corrected chi connectivity index (χ2v) is 6.72. The van der Waals surface area contributed by atoms with Gasteiger partial charge in [0.05, 0.1) is 5.84 Å². The predicted octanol–water partition coefficient (Wildman–Crippen LogP) is 4.55. The van der Waals surface area contributed by atoms with Crippen molar-refractivity contribution in [3.05, 3.63) is 0 Å². The molecule has 2 nitrogen and oxygen atoms in total. The van der Waals surface area contributed by atoms with Crippen LogP contribution in [0.1, 0.15) is 66.2 Å². The van der Waals surface area contributed by atoms with Crippen LogP contribution >= 0.6 is 0 Å². The van der Waals surface area contributed by atoms with Gasteiger partial charge in [-0.25, -0.2) is 0 Å². The van der Waals surface area contributed by atoms with E-state index in [-0.39, 0.29) is 0 Å². The molecule has 1 rings (SSSR count). The predicted molar refractivity (Wildman–Crippen MR) is 80.2 cm³/mol. The van der Waals surface area contributed by atoms with Crippen molar-refractivity contribution in [2.45, 2.75) is 66.2 Å². The Morgan fingerprint density at radius 1 is 1.00 bits per heavy atom. The highest BCUT2D eigenvalue weighted by Crippen LogP contribution is 2.27. The Morgan fingerprint density at radius 3 is 1.83 bits per heavy atom. The summed E-state index contributed by atoms with van der Waals surface area (Å²) in [6, 6.07) is 0. The summed E-state index contributed by atoms with van der Waals surface area (Å²) in [6.07, 6.45) is 7.59. The van der Waals surface area contributed by atoms with Crippen molar-refractivity contribution < 1.29 is 0 Å². The Bertz CT molecular complexity index is 227. The highest BCUT2D eigenvalue weighted by molar-refractivity contribution is 5.81. The van der Waals surface area contributed by atoms with Crippen molar-refractivity contribution in [1.82, 2.24) is 4.90 Å². The highest BCUT2D eigenvalue weighted by Gasteiger charge is 2.23. The quantitative estimate of drug-likeness (QED) is 0.522. The summed E-state index contributed by atoms with van der Waals surface area (Å²) < 4.78 is 0. The first kappa shape index (κ1) is 15.5. The molecule has 0 aromatic rings. The zero-order chi connectivity index (χ0) is 13.5. The minimum Gasteiger partial charge on any atom is -0.360 e. The van der Waals surface area contributed by atoms with Gasteiger partial charge in [0.2, 0.25) is 0 Å². The number of rotatable bonds is 7. The third-order valence-electron chi connectivity index (χ3n) is 4.04. The molecule has 0 radical (unpaired) electrons. The number of hydrogen-bond acceptors (Lipinski definition) is 1. The Balaban J connectivity index is 2.48. The fraction of sp³-hybridized carbons (Fsp3) is 0.938. The molecule has 0 heterocycles. The van der Waals surface area contributed by atoms with Crippen molar-refractivity contribution in [2.75, 3.05) is 13.1 Å². The number of amidine groups is 1. The van der Waals surface area contributed by atoms with Gasteiger partial charge < -0.3 is 4.90 Å². The van der Waals surface area contributed by atoms with Crippen LogP contribution in [0.2, 0.25) is 0 Å². The molecule has 0 spiro atoms. The molecule has 1 aliphatic carbocycles. The number of nitrogens with one attached hydrogen (secondary N) is 1. The average molecular weight is 252 g/mol. The van der Waals surface area contributed by atoms with Gasteiger partial charge in [0, 0.05) is 19.0 Å². The molecule has 1 fully saturated rings. The van der Waals surface area contributed by atoms with E-state index in [9.17, 15) is 0 Å². The lowest BCUT2D eigenvalue weighted by molar-refractivity contribution is 0.336. The maximum Gasteiger partial charge on any atom is 0.0989 e. The molecule has 0 amide bonds. The van der Waals surface area contributed by atoms with E-state index in [1.807, 2.05) is 0 Å². The van der Waals surface area contributed by atoms with Gasteiger partial charge in [0.1, 0.15) is 0 Å². The molecule has 0 bridgehead atoms. The third-order valence-corrected chi connectivity index (χ3v) is 4.04. The van der Waals surface area contributed by atoms with Gasteiger partial charge in [-0.1, -0.05) is 40.5 Å². The van der Waals surface area contributed by atoms with E-state index in [1.165, 1.54) is 38.5 Å². The SMILES string of the molecule is CC(C)CCN(CCC(C)C)C(=N)C1CCCC1. The second kappa shape index (κ2) is 7.81. The summed E-state index contributed by atoms with van der Waals surface area (Å²) >= 11 is 0. The molecule has 18 heavy (non-hydrogen) atoms. The molecule has 1 N–H and O–H groups in total. The van der Waals surface area contributed by atoms with Crippen molar-refractivity contribution in [2.24, 2.45) is 17.8 Å². The van der Waals surface area contributed by atoms with E-state index < -0.39 is 0 Å². The maximum atomic E-state index is 8.46. The Kier molecular flexibility index (Phi) is 6.73. The van der Waals surface area contributed by atoms with Crippen LogP contribution in [0.15, 0.2) is 0 Å². The maximum absolute atomic E-state index is 8.46. The first-order valence-electron chi connectivity index (χ1n) is 7.84. The van der Waals surface area contributed by atoms with E-state index in [4.69, 9.17) is 5.41 Å². The van der Waals surface area contributed by atoms with Gasteiger partial charge >= 0.3 is 0 Å². The summed E-state index contributed by atoms with van der Waals surface area (Å²) in [6.45, 7) is 11.3. The van der Waals surface area contributed by atoms with Gasteiger partial charge in [-0.3, -0.25) is 5.41 Å². The molecular weight excluding hydrogens is 220 g/mol. The molecule has 106 valence electrons. The van der Waals surface area contributed by atoms with E-state index in [0.29, 0.717) is 5.92 Å². The summed E-state index contributed by atoms with van der Waals surface area (Å²) in [4.78, 5) is 2.37. The van der Waals surface area contributed by atoms with Gasteiger partial charge in [-0.05, 0) is 37.5 Å². The summed E-state index contributed by atoms with van der Waals surface area (Å²) in [5.41, 5.74) is 0. The Morgan fingerprint density at radius 2 is 1.44 bits per heavy atom. The van der Waals surface area contributed by atoms with Crippen LogP contribution in [0.4, 0.5) is 0 Å². The fourth-order valence-corrected chi connectivity index (χ4v) is 2.64. The van der Waals surface area contributed by atoms with Crippen molar-refractivity contribution >= 4 is 5.84 Å². The topological polar surface area (TPSA) is 27.1 Å². The molecule has 0 aliphatic heterocycles. The molecule has 0 aromatic carbocycles. The van der Waals surface area contributed by atoms with Crippen LogP contribution in [0.25, 0.3) is 0 Å². The summed E-state index contributed by atoms with van der Waals surface area (Å²) in [7, 11) is 0. The number of nitrogens with zero attached hydrogens (tertiary/aromatic N) is 1. The van der Waals surface area contributed by atoms with E-state index in [1.54, 1.807) is 0 Å². The van der Waals surface area contributed by atoms with Crippen LogP contribution in [0.3, 0.4) is 0 Å². The molecule has 0 saturated heterocycles. The fourth-order valence-electron chi connectivity index (χ4n) is 2.64. The minimum atomic E-state index is 0.560. The first-order chi connectivity index (χ1) is 8.50. The van der Waals surface area contributed by atoms with Crippen LogP contribution in [0, 0.1) is 23.2 Å². The monoisotopic (exact) mass is 252 g/mol. The number of hydrogen-bond donors (Lipinski definition) is 1. The molecule has 1 aliphatic rings. The largest absolute Gasteiger partial charge is 0.360 e. The Labute approximate surface area is 114 Å². The van der Waals surface area contributed by atoms with Crippen LogP contribution in [-0.4, -0.2) is 23.8 Å². The first-order valence-corrected chi connectivity index (χ1v) is 7.84. The van der Waals surface area contributed by atoms with Crippen LogP contribution in [0.5, 0.6) is 0 Å². The van der Waals surface area contributed by atoms with E-state index >= 15 is 0 Å². The third kappa shape index (κ3) is 5.41. The molecule has 0 atom stereocenters. The van der Waals surface area contributed by atoms with Crippen molar-refractivity contribution in [1.29, 1.82) is 5.41 Å². The summed E-state index contributed by atoms with van der Waals surface area (Å²) in [5.74, 6) is 2.98. The lowest BCUT2D eigenvalue weighted by atomic mass is 10.0. The normalized spacial score (nSPS) is 16.8. The lowest BCUT2D eigenvalue weighted by Gasteiger charge is -2.30. The highest BCUT2D eigenvalue weighted by atomic mass is 15.2. The molecule has 2 heteroatoms. The average Bonchev–Trinajstić information content (AvgIpc) is 2.81. The zero-order valence-corrected chi connectivity index (χ0v) is 12.8. The molecule has 0 aromatic heterocycles. The van der Waals surface area contributed by atoms with E-state index in [2.05, 4.69) is 32.6 Å². The Hall–Kier alpha value is -0.530. The van der Waals surface area contributed by atoms with Gasteiger partial charge in [-0.2, -0.15) is 0 Å². The minimum absolute atomic E-state index is 0.560. The molecule has 0 unspecified atom stereocenters. The van der Waals surface area contributed by atoms with Crippen molar-refractivity contribution in [3.63, 3.8) is 0 Å². The van der Waals surface area contributed by atoms with Crippen LogP contribution < -0.4 is 0 Å². The smallest absolute Gasteiger partial charge is 0.0989 e. The van der Waals surface area contributed by atoms with Crippen molar-refractivity contribution in [3.8, 4) is 0 Å². The van der Waals surface area contributed by atoms with E-state index in [0.717, 1.165) is 30.8 Å². The van der Waals surface area contributed by atoms with Gasteiger partial charge in [-0.15, -0.1) is 0 Å². The van der Waals surface area contributed by atoms with Crippen LogP contribution in [-0.2, 0) is 0 Å². The van der Waals surface area contributed by atoms with Gasteiger partial charge in [0.15, 0.2) is 0 Å². The standard InChI is InChI=1S/C16H32N2/c1-13(2)9-11-18(12-10-14(3)4)16(17)15-7-5-6-8-15/h13-15,17H,5-12H2,1-4H3. The summed E-state index contributed by atoms with van der Waals surface area (Å²) in [5, 5.41) is 8.46.